The highest BCUT2D eigenvalue weighted by molar-refractivity contribution is 8.00. The zero-order valence-corrected chi connectivity index (χ0v) is 21.6. The Hall–Kier alpha value is -3.13. The zero-order chi connectivity index (χ0) is 25.2. The average Bonchev–Trinajstić information content (AvgIpc) is 3.27. The number of nitrogens with two attached hydrogens (primary N) is 1. The van der Waals surface area contributed by atoms with Crippen molar-refractivity contribution in [1.29, 1.82) is 0 Å². The molecule has 4 rings (SSSR count). The maximum absolute atomic E-state index is 13.2. The Balaban J connectivity index is 1.59. The van der Waals surface area contributed by atoms with Gasteiger partial charge in [0.2, 0.25) is 11.8 Å². The normalized spacial score (nSPS) is 15.7. The smallest absolute Gasteiger partial charge is 0.235 e. The number of thioether (sulfide) groups is 1. The summed E-state index contributed by atoms with van der Waals surface area (Å²) in [6, 6.07) is 18.4. The SMILES string of the molecule is CC(Sc1nnc(-c2ccc(C(C)(C)C)cc2)n1-c1ccccc1)C(=O)N1CCC(C(N)=O)CC1. The molecular formula is C27H33N5O2S. The molecule has 2 N–H and O–H groups in total. The molecule has 2 heterocycles. The van der Waals surface area contributed by atoms with Crippen molar-refractivity contribution in [2.24, 2.45) is 11.7 Å². The van der Waals surface area contributed by atoms with Crippen LogP contribution in [-0.4, -0.2) is 49.8 Å². The summed E-state index contributed by atoms with van der Waals surface area (Å²) in [4.78, 5) is 26.5. The summed E-state index contributed by atoms with van der Waals surface area (Å²) >= 11 is 1.40. The molecule has 0 aliphatic carbocycles. The van der Waals surface area contributed by atoms with E-state index in [9.17, 15) is 9.59 Å². The van der Waals surface area contributed by atoms with Gasteiger partial charge in [0, 0.05) is 30.3 Å². The van der Waals surface area contributed by atoms with Gasteiger partial charge in [0.25, 0.3) is 0 Å². The van der Waals surface area contributed by atoms with Crippen molar-refractivity contribution in [1.82, 2.24) is 19.7 Å². The first-order valence-electron chi connectivity index (χ1n) is 12.0. The van der Waals surface area contributed by atoms with Crippen LogP contribution in [0.3, 0.4) is 0 Å². The van der Waals surface area contributed by atoms with E-state index in [0.29, 0.717) is 31.1 Å². The number of likely N-dealkylation sites (tertiary alicyclic amines) is 1. The first-order chi connectivity index (χ1) is 16.6. The number of nitrogens with zero attached hydrogens (tertiary/aromatic N) is 4. The third kappa shape index (κ3) is 5.59. The van der Waals surface area contributed by atoms with Gasteiger partial charge in [-0.05, 0) is 42.9 Å². The van der Waals surface area contributed by atoms with Gasteiger partial charge in [0.15, 0.2) is 11.0 Å². The standard InChI is InChI=1S/C27H33N5O2S/c1-18(25(34)31-16-14-19(15-17-31)23(28)33)35-26-30-29-24(32(26)22-8-6-5-7-9-22)20-10-12-21(13-11-20)27(2,3)4/h5-13,18-19H,14-17H2,1-4H3,(H2,28,33). The molecule has 0 spiro atoms. The van der Waals surface area contributed by atoms with Crippen LogP contribution in [0.5, 0.6) is 0 Å². The second-order valence-corrected chi connectivity index (χ2v) is 11.4. The van der Waals surface area contributed by atoms with E-state index in [4.69, 9.17) is 5.73 Å². The van der Waals surface area contributed by atoms with Crippen LogP contribution >= 0.6 is 11.8 Å². The van der Waals surface area contributed by atoms with Gasteiger partial charge in [-0.1, -0.05) is 75.0 Å². The summed E-state index contributed by atoms with van der Waals surface area (Å²) in [5.41, 5.74) is 8.66. The van der Waals surface area contributed by atoms with Crippen LogP contribution in [0.25, 0.3) is 17.1 Å². The average molecular weight is 492 g/mol. The fourth-order valence-electron chi connectivity index (χ4n) is 4.31. The van der Waals surface area contributed by atoms with Crippen LogP contribution in [0.2, 0.25) is 0 Å². The molecule has 3 aromatic rings. The molecule has 1 saturated heterocycles. The van der Waals surface area contributed by atoms with Gasteiger partial charge in [0.05, 0.1) is 5.25 Å². The van der Waals surface area contributed by atoms with E-state index in [0.717, 1.165) is 17.1 Å². The van der Waals surface area contributed by atoms with Gasteiger partial charge in [0.1, 0.15) is 0 Å². The number of piperidine rings is 1. The van der Waals surface area contributed by atoms with Gasteiger partial charge < -0.3 is 10.6 Å². The van der Waals surface area contributed by atoms with Crippen molar-refractivity contribution in [2.75, 3.05) is 13.1 Å². The fraction of sp³-hybridized carbons (Fsp3) is 0.407. The largest absolute Gasteiger partial charge is 0.369 e. The molecule has 0 radical (unpaired) electrons. The maximum atomic E-state index is 13.2. The summed E-state index contributed by atoms with van der Waals surface area (Å²) in [5.74, 6) is 0.353. The topological polar surface area (TPSA) is 94.1 Å². The Morgan fingerprint density at radius 2 is 1.63 bits per heavy atom. The molecular weight excluding hydrogens is 458 g/mol. The number of carbonyl (C=O) groups is 2. The minimum Gasteiger partial charge on any atom is -0.369 e. The third-order valence-electron chi connectivity index (χ3n) is 6.50. The molecule has 35 heavy (non-hydrogen) atoms. The Labute approximate surface area is 211 Å². The van der Waals surface area contributed by atoms with Gasteiger partial charge in [-0.3, -0.25) is 14.2 Å². The van der Waals surface area contributed by atoms with Gasteiger partial charge in [-0.2, -0.15) is 0 Å². The third-order valence-corrected chi connectivity index (χ3v) is 7.53. The molecule has 2 aromatic carbocycles. The van der Waals surface area contributed by atoms with Crippen molar-refractivity contribution in [2.45, 2.75) is 56.4 Å². The highest BCUT2D eigenvalue weighted by Crippen LogP contribution is 2.32. The van der Waals surface area contributed by atoms with Crippen molar-refractivity contribution in [3.63, 3.8) is 0 Å². The van der Waals surface area contributed by atoms with E-state index in [2.05, 4.69) is 55.2 Å². The first-order valence-corrected chi connectivity index (χ1v) is 12.9. The van der Waals surface area contributed by atoms with Crippen LogP contribution in [0.15, 0.2) is 59.8 Å². The van der Waals surface area contributed by atoms with Crippen LogP contribution in [0, 0.1) is 5.92 Å². The number of rotatable bonds is 6. The summed E-state index contributed by atoms with van der Waals surface area (Å²) in [7, 11) is 0. The highest BCUT2D eigenvalue weighted by Gasteiger charge is 2.30. The molecule has 1 aliphatic heterocycles. The first kappa shape index (κ1) is 25.0. The van der Waals surface area contributed by atoms with E-state index in [1.165, 1.54) is 17.3 Å². The molecule has 1 unspecified atom stereocenters. The minimum absolute atomic E-state index is 0.0385. The van der Waals surface area contributed by atoms with Crippen LogP contribution < -0.4 is 5.73 Å². The molecule has 0 saturated carbocycles. The predicted molar refractivity (Wildman–Crippen MR) is 139 cm³/mol. The number of hydrogen-bond acceptors (Lipinski definition) is 5. The molecule has 1 aromatic heterocycles. The van der Waals surface area contributed by atoms with Crippen molar-refractivity contribution >= 4 is 23.6 Å². The van der Waals surface area contributed by atoms with Gasteiger partial charge >= 0.3 is 0 Å². The monoisotopic (exact) mass is 491 g/mol. The van der Waals surface area contributed by atoms with E-state index >= 15 is 0 Å². The van der Waals surface area contributed by atoms with Crippen LogP contribution in [-0.2, 0) is 15.0 Å². The lowest BCUT2D eigenvalue weighted by Gasteiger charge is -2.32. The molecule has 1 atom stereocenters. The molecule has 7 nitrogen and oxygen atoms in total. The number of primary amides is 1. The summed E-state index contributed by atoms with van der Waals surface area (Å²) in [6.07, 6.45) is 1.24. The number of amides is 2. The molecule has 184 valence electrons. The molecule has 0 bridgehead atoms. The Morgan fingerprint density at radius 3 is 2.20 bits per heavy atom. The van der Waals surface area contributed by atoms with Crippen molar-refractivity contribution in [3.05, 3.63) is 60.2 Å². The number of benzene rings is 2. The predicted octanol–water partition coefficient (Wildman–Crippen LogP) is 4.44. The Bertz CT molecular complexity index is 1180. The van der Waals surface area contributed by atoms with Crippen molar-refractivity contribution in [3.8, 4) is 17.1 Å². The molecule has 8 heteroatoms. The molecule has 1 aliphatic rings. The van der Waals surface area contributed by atoms with E-state index in [1.54, 1.807) is 0 Å². The Morgan fingerprint density at radius 1 is 1.00 bits per heavy atom. The molecule has 2 amide bonds. The van der Waals surface area contributed by atoms with E-state index in [-0.39, 0.29) is 28.4 Å². The second-order valence-electron chi connectivity index (χ2n) is 10.1. The van der Waals surface area contributed by atoms with Crippen molar-refractivity contribution < 1.29 is 9.59 Å². The summed E-state index contributed by atoms with van der Waals surface area (Å²) < 4.78 is 2.01. The van der Waals surface area contributed by atoms with Gasteiger partial charge in [-0.15, -0.1) is 10.2 Å². The highest BCUT2D eigenvalue weighted by atomic mass is 32.2. The van der Waals surface area contributed by atoms with Gasteiger partial charge in [-0.25, -0.2) is 0 Å². The second kappa shape index (κ2) is 10.2. The van der Waals surface area contributed by atoms with E-state index in [1.807, 2.05) is 46.7 Å². The quantitative estimate of drug-likeness (QED) is 0.515. The number of aromatic nitrogens is 3. The lowest BCUT2D eigenvalue weighted by atomic mass is 9.87. The summed E-state index contributed by atoms with van der Waals surface area (Å²) in [5, 5.41) is 9.33. The zero-order valence-electron chi connectivity index (χ0n) is 20.8. The molecule has 1 fully saturated rings. The lowest BCUT2D eigenvalue weighted by Crippen LogP contribution is -2.44. The Kier molecular flexibility index (Phi) is 7.31. The fourth-order valence-corrected chi connectivity index (χ4v) is 5.26. The van der Waals surface area contributed by atoms with Crippen LogP contribution in [0.1, 0.15) is 46.1 Å². The minimum atomic E-state index is -0.345. The summed E-state index contributed by atoms with van der Waals surface area (Å²) in [6.45, 7) is 9.57. The number of carbonyl (C=O) groups excluding carboxylic acids is 2. The lowest BCUT2D eigenvalue weighted by molar-refractivity contribution is -0.134. The van der Waals surface area contributed by atoms with E-state index < -0.39 is 0 Å². The maximum Gasteiger partial charge on any atom is 0.235 e. The number of hydrogen-bond donors (Lipinski definition) is 1. The van der Waals surface area contributed by atoms with Crippen LogP contribution in [0.4, 0.5) is 0 Å². The number of para-hydroxylation sites is 1.